The lowest BCUT2D eigenvalue weighted by Gasteiger charge is -2.27. The van der Waals surface area contributed by atoms with E-state index in [1.165, 1.54) is 12.1 Å². The highest BCUT2D eigenvalue weighted by Crippen LogP contribution is 2.46. The van der Waals surface area contributed by atoms with Crippen molar-refractivity contribution in [2.45, 2.75) is 58.1 Å². The fourth-order valence-electron chi connectivity index (χ4n) is 4.89. The monoisotopic (exact) mass is 502 g/mol. The van der Waals surface area contributed by atoms with Gasteiger partial charge in [0.05, 0.1) is 11.3 Å². The molecule has 4 N–H and O–H groups in total. The maximum absolute atomic E-state index is 14.0. The molecule has 0 aliphatic rings. The maximum Gasteiger partial charge on any atom is 0.153 e. The first-order valence-electron chi connectivity index (χ1n) is 12.6. The number of halogens is 1. The third-order valence-corrected chi connectivity index (χ3v) is 6.34. The summed E-state index contributed by atoms with van der Waals surface area (Å²) in [4.78, 5) is 0. The van der Waals surface area contributed by atoms with E-state index in [0.29, 0.717) is 16.8 Å². The summed E-state index contributed by atoms with van der Waals surface area (Å²) in [5.74, 6) is -0.467. The van der Waals surface area contributed by atoms with Crippen LogP contribution in [-0.4, -0.2) is 25.5 Å². The molecule has 1 aromatic heterocycles. The summed E-state index contributed by atoms with van der Waals surface area (Å²) >= 11 is 0. The second-order valence-electron chi connectivity index (χ2n) is 10.3. The highest BCUT2D eigenvalue weighted by molar-refractivity contribution is 5.86. The number of nitrogens with one attached hydrogen (secondary N) is 1. The molecule has 6 heteroatoms. The van der Waals surface area contributed by atoms with Gasteiger partial charge in [0.1, 0.15) is 12.0 Å². The molecule has 1 heterocycles. The molecule has 3 aromatic carbocycles. The lowest BCUT2D eigenvalue weighted by molar-refractivity contribution is -0.0115. The Morgan fingerprint density at radius 3 is 1.95 bits per heavy atom. The van der Waals surface area contributed by atoms with Gasteiger partial charge in [-0.05, 0) is 67.3 Å². The van der Waals surface area contributed by atoms with Gasteiger partial charge in [0.2, 0.25) is 0 Å². The van der Waals surface area contributed by atoms with Crippen LogP contribution in [0.1, 0.15) is 63.7 Å². The second kappa shape index (κ2) is 10.9. The topological polar surface area (TPSA) is 77.7 Å². The van der Waals surface area contributed by atoms with Crippen LogP contribution in [0.2, 0.25) is 0 Å². The summed E-state index contributed by atoms with van der Waals surface area (Å²) in [7, 11) is 0. The van der Waals surface area contributed by atoms with Gasteiger partial charge in [-0.2, -0.15) is 0 Å². The van der Waals surface area contributed by atoms with E-state index in [1.807, 2.05) is 74.5 Å². The zero-order valence-electron chi connectivity index (χ0n) is 21.7. The smallest absolute Gasteiger partial charge is 0.153 e. The Bertz CT molecular complexity index is 1310. The van der Waals surface area contributed by atoms with Crippen molar-refractivity contribution in [1.82, 2.24) is 4.57 Å². The van der Waals surface area contributed by atoms with E-state index in [1.54, 1.807) is 30.5 Å². The van der Waals surface area contributed by atoms with Gasteiger partial charge < -0.3 is 25.2 Å². The van der Waals surface area contributed by atoms with Crippen molar-refractivity contribution in [2.24, 2.45) is 0 Å². The Morgan fingerprint density at radius 2 is 1.41 bits per heavy atom. The molecule has 0 saturated heterocycles. The van der Waals surface area contributed by atoms with Crippen molar-refractivity contribution in [1.29, 1.82) is 0 Å². The molecule has 0 amide bonds. The number of aliphatic hydroxyl groups is 3. The highest BCUT2D eigenvalue weighted by atomic mass is 19.1. The van der Waals surface area contributed by atoms with Crippen LogP contribution in [-0.2, 0) is 0 Å². The van der Waals surface area contributed by atoms with Crippen LogP contribution in [0, 0.1) is 5.82 Å². The number of hydrogen-bond acceptors (Lipinski definition) is 4. The fraction of sp³-hybridized carbons (Fsp3) is 0.290. The molecule has 0 aliphatic heterocycles. The zero-order valence-corrected chi connectivity index (χ0v) is 21.7. The van der Waals surface area contributed by atoms with Crippen molar-refractivity contribution < 1.29 is 19.7 Å². The summed E-state index contributed by atoms with van der Waals surface area (Å²) in [6.45, 7) is 7.31. The number of rotatable bonds is 9. The summed E-state index contributed by atoms with van der Waals surface area (Å²) in [5, 5.41) is 37.0. The van der Waals surface area contributed by atoms with Crippen LogP contribution >= 0.6 is 0 Å². The number of aliphatic hydroxyl groups excluding tert-OH is 2. The van der Waals surface area contributed by atoms with E-state index in [2.05, 4.69) is 5.32 Å². The van der Waals surface area contributed by atoms with E-state index < -0.39 is 18.1 Å². The molecule has 5 nitrogen and oxygen atoms in total. The molecule has 0 fully saturated rings. The third-order valence-electron chi connectivity index (χ3n) is 6.34. The predicted molar refractivity (Wildman–Crippen MR) is 147 cm³/mol. The first-order chi connectivity index (χ1) is 17.6. The number of anilines is 1. The van der Waals surface area contributed by atoms with Crippen LogP contribution in [0.15, 0.2) is 84.9 Å². The second-order valence-corrected chi connectivity index (χ2v) is 10.3. The molecular formula is C31H35FN2O3. The minimum atomic E-state index is -1.15. The molecule has 2 atom stereocenters. The Kier molecular flexibility index (Phi) is 7.83. The summed E-state index contributed by atoms with van der Waals surface area (Å²) in [5.41, 5.74) is 3.88. The standard InChI is InChI=1S/C31H35FN2O3/c1-20(2)28-27(30(36)33-24-13-9-6-10-14-24)26(21-11-7-5-8-12-21)29(22-15-17-23(32)18-16-22)34(28)25(35)19-31(3,4)37/h5-18,20,25,30,33,35-37H,19H2,1-4H3. The van der Waals surface area contributed by atoms with Gasteiger partial charge in [0.25, 0.3) is 0 Å². The summed E-state index contributed by atoms with van der Waals surface area (Å²) in [6, 6.07) is 25.2. The fourth-order valence-corrected chi connectivity index (χ4v) is 4.89. The molecule has 4 rings (SSSR count). The number of para-hydroxylation sites is 1. The average molecular weight is 503 g/mol. The molecule has 194 valence electrons. The normalized spacial score (nSPS) is 13.5. The number of aromatic nitrogens is 1. The van der Waals surface area contributed by atoms with Gasteiger partial charge in [-0.3, -0.25) is 0 Å². The van der Waals surface area contributed by atoms with E-state index in [9.17, 15) is 19.7 Å². The molecule has 0 radical (unpaired) electrons. The van der Waals surface area contributed by atoms with Gasteiger partial charge in [-0.15, -0.1) is 0 Å². The summed E-state index contributed by atoms with van der Waals surface area (Å²) in [6.07, 6.45) is -2.15. The van der Waals surface area contributed by atoms with Gasteiger partial charge in [-0.25, -0.2) is 4.39 Å². The SMILES string of the molecule is CC(C)c1c(C(O)Nc2ccccc2)c(-c2ccccc2)c(-c2ccc(F)cc2)n1C(O)CC(C)(C)O. The van der Waals surface area contributed by atoms with Crippen LogP contribution in [0.3, 0.4) is 0 Å². The van der Waals surface area contributed by atoms with Crippen LogP contribution in [0.4, 0.5) is 10.1 Å². The number of benzene rings is 3. The Hall–Kier alpha value is -3.45. The van der Waals surface area contributed by atoms with Crippen molar-refractivity contribution >= 4 is 5.69 Å². The van der Waals surface area contributed by atoms with Gasteiger partial charge in [-0.1, -0.05) is 62.4 Å². The molecule has 0 spiro atoms. The van der Waals surface area contributed by atoms with Crippen molar-refractivity contribution in [2.75, 3.05) is 5.32 Å². The predicted octanol–water partition coefficient (Wildman–Crippen LogP) is 6.84. The Labute approximate surface area is 217 Å². The molecule has 0 bridgehead atoms. The first-order valence-corrected chi connectivity index (χ1v) is 12.6. The first kappa shape index (κ1) is 26.6. The molecule has 0 aliphatic carbocycles. The Morgan fingerprint density at radius 1 is 0.838 bits per heavy atom. The lowest BCUT2D eigenvalue weighted by atomic mass is 9.94. The van der Waals surface area contributed by atoms with E-state index in [-0.39, 0.29) is 18.2 Å². The van der Waals surface area contributed by atoms with Gasteiger partial charge in [0.15, 0.2) is 6.23 Å². The van der Waals surface area contributed by atoms with Crippen molar-refractivity contribution in [3.05, 3.63) is 102 Å². The van der Waals surface area contributed by atoms with Crippen LogP contribution in [0.5, 0.6) is 0 Å². The van der Waals surface area contributed by atoms with E-state index in [0.717, 1.165) is 22.5 Å². The Balaban J connectivity index is 2.07. The van der Waals surface area contributed by atoms with E-state index in [4.69, 9.17) is 0 Å². The molecule has 37 heavy (non-hydrogen) atoms. The minimum absolute atomic E-state index is 0.0610. The minimum Gasteiger partial charge on any atom is -0.390 e. The van der Waals surface area contributed by atoms with Crippen molar-refractivity contribution in [3.8, 4) is 22.4 Å². The molecular weight excluding hydrogens is 467 g/mol. The summed E-state index contributed by atoms with van der Waals surface area (Å²) < 4.78 is 15.7. The number of nitrogens with zero attached hydrogens (tertiary/aromatic N) is 1. The van der Waals surface area contributed by atoms with Gasteiger partial charge in [0, 0.05) is 28.9 Å². The molecule has 4 aromatic rings. The largest absolute Gasteiger partial charge is 0.390 e. The number of hydrogen-bond donors (Lipinski definition) is 4. The highest BCUT2D eigenvalue weighted by Gasteiger charge is 2.34. The van der Waals surface area contributed by atoms with Gasteiger partial charge >= 0.3 is 0 Å². The lowest BCUT2D eigenvalue weighted by Crippen LogP contribution is -2.26. The molecule has 0 saturated carbocycles. The third kappa shape index (κ3) is 5.93. The quantitative estimate of drug-likeness (QED) is 0.189. The van der Waals surface area contributed by atoms with E-state index >= 15 is 0 Å². The van der Waals surface area contributed by atoms with Crippen molar-refractivity contribution in [3.63, 3.8) is 0 Å². The average Bonchev–Trinajstić information content (AvgIpc) is 3.21. The zero-order chi connectivity index (χ0) is 26.7. The van der Waals surface area contributed by atoms with Crippen LogP contribution < -0.4 is 5.32 Å². The van der Waals surface area contributed by atoms with Crippen LogP contribution in [0.25, 0.3) is 22.4 Å². The maximum atomic E-state index is 14.0. The molecule has 2 unspecified atom stereocenters.